The molecule has 0 atom stereocenters. The fraction of sp³-hybridized carbons (Fsp3) is 0.273. The number of hydrogen-bond donors (Lipinski definition) is 0. The van der Waals surface area contributed by atoms with Crippen LogP contribution in [0.4, 0.5) is 0 Å². The average Bonchev–Trinajstić information content (AvgIpc) is 2.38. The molecule has 0 aliphatic heterocycles. The SMILES string of the molecule is COC(=O)C(=[N+]=[N-])c1cccc(OC)c1OC. The van der Waals surface area contributed by atoms with Gasteiger partial charge in [-0.1, -0.05) is 6.07 Å². The van der Waals surface area contributed by atoms with Crippen molar-refractivity contribution in [3.05, 3.63) is 29.3 Å². The summed E-state index contributed by atoms with van der Waals surface area (Å²) >= 11 is 0. The number of ether oxygens (including phenoxy) is 3. The van der Waals surface area contributed by atoms with E-state index in [1.807, 2.05) is 0 Å². The van der Waals surface area contributed by atoms with Crippen LogP contribution in [0.5, 0.6) is 11.5 Å². The minimum absolute atomic E-state index is 0.247. The van der Waals surface area contributed by atoms with E-state index in [1.165, 1.54) is 21.3 Å². The van der Waals surface area contributed by atoms with Crippen LogP contribution in [0.25, 0.3) is 5.53 Å². The van der Waals surface area contributed by atoms with Crippen LogP contribution in [0, 0.1) is 0 Å². The topological polar surface area (TPSA) is 81.2 Å². The summed E-state index contributed by atoms with van der Waals surface area (Å²) in [7, 11) is 4.09. The lowest BCUT2D eigenvalue weighted by Crippen LogP contribution is -2.19. The van der Waals surface area contributed by atoms with Crippen LogP contribution in [0.2, 0.25) is 0 Å². The van der Waals surface area contributed by atoms with Crippen molar-refractivity contribution in [3.63, 3.8) is 0 Å². The Morgan fingerprint density at radius 2 is 1.94 bits per heavy atom. The van der Waals surface area contributed by atoms with E-state index in [-0.39, 0.29) is 5.71 Å². The Morgan fingerprint density at radius 3 is 2.41 bits per heavy atom. The van der Waals surface area contributed by atoms with Crippen molar-refractivity contribution < 1.29 is 23.8 Å². The summed E-state index contributed by atoms with van der Waals surface area (Å²) in [5, 5.41) is 0. The molecule has 0 unspecified atom stereocenters. The molecule has 0 N–H and O–H groups in total. The summed E-state index contributed by atoms with van der Waals surface area (Å²) in [6.45, 7) is 0. The van der Waals surface area contributed by atoms with E-state index in [2.05, 4.69) is 9.53 Å². The van der Waals surface area contributed by atoms with Gasteiger partial charge in [-0.3, -0.25) is 0 Å². The van der Waals surface area contributed by atoms with Crippen molar-refractivity contribution in [2.45, 2.75) is 0 Å². The normalized spacial score (nSPS) is 9.12. The molecule has 0 amide bonds. The molecule has 0 spiro atoms. The first kappa shape index (κ1) is 12.7. The van der Waals surface area contributed by atoms with E-state index in [0.717, 1.165) is 0 Å². The summed E-state index contributed by atoms with van der Waals surface area (Å²) < 4.78 is 14.7. The van der Waals surface area contributed by atoms with Crippen molar-refractivity contribution in [3.8, 4) is 11.5 Å². The van der Waals surface area contributed by atoms with Crippen LogP contribution in [-0.4, -0.2) is 37.8 Å². The lowest BCUT2D eigenvalue weighted by molar-refractivity contribution is -0.137. The fourth-order valence-electron chi connectivity index (χ4n) is 1.37. The van der Waals surface area contributed by atoms with E-state index in [0.29, 0.717) is 17.1 Å². The number of benzene rings is 1. The second kappa shape index (κ2) is 5.67. The minimum Gasteiger partial charge on any atom is -0.493 e. The van der Waals surface area contributed by atoms with Crippen molar-refractivity contribution in [2.24, 2.45) is 0 Å². The van der Waals surface area contributed by atoms with Gasteiger partial charge in [0.2, 0.25) is 0 Å². The maximum absolute atomic E-state index is 11.4. The zero-order valence-electron chi connectivity index (χ0n) is 9.76. The molecule has 0 aliphatic rings. The van der Waals surface area contributed by atoms with Gasteiger partial charge in [0.05, 0.1) is 21.3 Å². The highest BCUT2D eigenvalue weighted by molar-refractivity contribution is 6.41. The van der Waals surface area contributed by atoms with E-state index < -0.39 is 5.97 Å². The fourth-order valence-corrected chi connectivity index (χ4v) is 1.37. The van der Waals surface area contributed by atoms with Gasteiger partial charge in [-0.05, 0) is 12.1 Å². The van der Waals surface area contributed by atoms with E-state index in [9.17, 15) is 4.79 Å². The lowest BCUT2D eigenvalue weighted by atomic mass is 10.1. The van der Waals surface area contributed by atoms with Gasteiger partial charge in [-0.25, -0.2) is 4.79 Å². The first-order chi connectivity index (χ1) is 8.19. The molecule has 0 heterocycles. The number of para-hydroxylation sites is 1. The van der Waals surface area contributed by atoms with Gasteiger partial charge in [-0.2, -0.15) is 4.79 Å². The molecule has 0 bridgehead atoms. The number of hydrogen-bond acceptors (Lipinski definition) is 4. The Balaban J connectivity index is 3.39. The molecule has 17 heavy (non-hydrogen) atoms. The van der Waals surface area contributed by atoms with E-state index in [4.69, 9.17) is 15.0 Å². The van der Waals surface area contributed by atoms with Crippen LogP contribution < -0.4 is 9.47 Å². The highest BCUT2D eigenvalue weighted by Gasteiger charge is 2.28. The highest BCUT2D eigenvalue weighted by atomic mass is 16.5. The number of carbonyl (C=O) groups excluding carboxylic acids is 1. The molecule has 0 aromatic heterocycles. The Labute approximate surface area is 98.3 Å². The molecule has 0 fully saturated rings. The molecular weight excluding hydrogens is 224 g/mol. The summed E-state index contributed by atoms with van der Waals surface area (Å²) in [6, 6.07) is 4.87. The molecular formula is C11H12N2O4. The number of esters is 1. The second-order valence-corrected chi connectivity index (χ2v) is 2.98. The quantitative estimate of drug-likeness (QED) is 0.336. The molecule has 1 aromatic carbocycles. The molecule has 0 saturated carbocycles. The van der Waals surface area contributed by atoms with Crippen LogP contribution >= 0.6 is 0 Å². The predicted octanol–water partition coefficient (Wildman–Crippen LogP) is 0.896. The third kappa shape index (κ3) is 2.43. The first-order valence-corrected chi connectivity index (χ1v) is 4.71. The molecule has 1 rings (SSSR count). The third-order valence-corrected chi connectivity index (χ3v) is 2.14. The molecule has 1 aromatic rings. The standard InChI is InChI=1S/C11H12N2O4/c1-15-8-6-4-5-7(10(8)16-2)9(13-12)11(14)17-3/h4-6H,1-3H3. The molecule has 6 nitrogen and oxygen atoms in total. The third-order valence-electron chi connectivity index (χ3n) is 2.14. The monoisotopic (exact) mass is 236 g/mol. The van der Waals surface area contributed by atoms with Gasteiger partial charge in [0.15, 0.2) is 11.5 Å². The second-order valence-electron chi connectivity index (χ2n) is 2.98. The number of rotatable bonds is 4. The maximum atomic E-state index is 11.4. The number of nitrogens with zero attached hydrogens (tertiary/aromatic N) is 2. The zero-order valence-corrected chi connectivity index (χ0v) is 9.76. The summed E-state index contributed by atoms with van der Waals surface area (Å²) in [6.07, 6.45) is 0. The van der Waals surface area contributed by atoms with Crippen molar-refractivity contribution in [1.82, 2.24) is 0 Å². The minimum atomic E-state index is -0.765. The van der Waals surface area contributed by atoms with E-state index in [1.54, 1.807) is 18.2 Å². The van der Waals surface area contributed by atoms with Crippen molar-refractivity contribution in [2.75, 3.05) is 21.3 Å². The van der Waals surface area contributed by atoms with Crippen LogP contribution in [-0.2, 0) is 9.53 Å². The molecule has 6 heteroatoms. The summed E-state index contributed by atoms with van der Waals surface area (Å²) in [5.74, 6) is -0.0395. The largest absolute Gasteiger partial charge is 0.493 e. The van der Waals surface area contributed by atoms with Gasteiger partial charge >= 0.3 is 11.7 Å². The van der Waals surface area contributed by atoms with Crippen LogP contribution in [0.15, 0.2) is 18.2 Å². The van der Waals surface area contributed by atoms with Crippen LogP contribution in [0.3, 0.4) is 0 Å². The Hall–Kier alpha value is -2.33. The average molecular weight is 236 g/mol. The van der Waals surface area contributed by atoms with Crippen molar-refractivity contribution in [1.29, 1.82) is 0 Å². The smallest absolute Gasteiger partial charge is 0.422 e. The molecule has 0 saturated heterocycles. The molecule has 0 radical (unpaired) electrons. The molecule has 0 aliphatic carbocycles. The van der Waals surface area contributed by atoms with Gasteiger partial charge < -0.3 is 19.7 Å². The van der Waals surface area contributed by atoms with Gasteiger partial charge in [0, 0.05) is 0 Å². The Kier molecular flexibility index (Phi) is 4.25. The van der Waals surface area contributed by atoms with Gasteiger partial charge in [0.25, 0.3) is 0 Å². The summed E-state index contributed by atoms with van der Waals surface area (Å²) in [4.78, 5) is 14.3. The van der Waals surface area contributed by atoms with Crippen LogP contribution in [0.1, 0.15) is 5.56 Å². The number of methoxy groups -OCH3 is 3. The predicted molar refractivity (Wildman–Crippen MR) is 59.3 cm³/mol. The highest BCUT2D eigenvalue weighted by Crippen LogP contribution is 2.30. The lowest BCUT2D eigenvalue weighted by Gasteiger charge is -2.09. The van der Waals surface area contributed by atoms with Gasteiger partial charge in [-0.15, -0.1) is 0 Å². The van der Waals surface area contributed by atoms with E-state index >= 15 is 0 Å². The Morgan fingerprint density at radius 1 is 1.24 bits per heavy atom. The maximum Gasteiger partial charge on any atom is 0.422 e. The first-order valence-electron chi connectivity index (χ1n) is 4.71. The zero-order chi connectivity index (χ0) is 12.8. The number of carbonyl (C=O) groups is 1. The Bertz CT molecular complexity index is 478. The summed E-state index contributed by atoms with van der Waals surface area (Å²) in [5.41, 5.74) is 8.90. The molecule has 90 valence electrons. The van der Waals surface area contributed by atoms with Gasteiger partial charge in [0.1, 0.15) is 5.56 Å². The van der Waals surface area contributed by atoms with Crippen molar-refractivity contribution >= 4 is 11.7 Å².